The van der Waals surface area contributed by atoms with Crippen molar-refractivity contribution in [2.24, 2.45) is 5.92 Å². The highest BCUT2D eigenvalue weighted by atomic mass is 16.3. The van der Waals surface area contributed by atoms with E-state index in [0.717, 1.165) is 25.3 Å². The van der Waals surface area contributed by atoms with Gasteiger partial charge in [-0.3, -0.25) is 0 Å². The van der Waals surface area contributed by atoms with E-state index in [1.54, 1.807) is 0 Å². The lowest BCUT2D eigenvalue weighted by molar-refractivity contribution is -0.00819. The van der Waals surface area contributed by atoms with Gasteiger partial charge >= 0.3 is 0 Å². The van der Waals surface area contributed by atoms with Crippen LogP contribution in [0, 0.1) is 5.92 Å². The summed E-state index contributed by atoms with van der Waals surface area (Å²) in [6.07, 6.45) is 8.44. The van der Waals surface area contributed by atoms with Crippen LogP contribution >= 0.6 is 0 Å². The first-order valence-electron chi connectivity index (χ1n) is 7.43. The Labute approximate surface area is 105 Å². The van der Waals surface area contributed by atoms with E-state index in [1.165, 1.54) is 51.7 Å². The van der Waals surface area contributed by atoms with Gasteiger partial charge in [0.05, 0.1) is 5.60 Å². The van der Waals surface area contributed by atoms with Crippen LogP contribution in [0.25, 0.3) is 0 Å². The van der Waals surface area contributed by atoms with Crippen molar-refractivity contribution in [1.29, 1.82) is 0 Å². The molecule has 3 aliphatic heterocycles. The second kappa shape index (κ2) is 4.87. The summed E-state index contributed by atoms with van der Waals surface area (Å²) in [5.74, 6) is 0.868. The number of nitrogens with one attached hydrogen (secondary N) is 1. The van der Waals surface area contributed by atoms with Crippen molar-refractivity contribution < 1.29 is 5.11 Å². The summed E-state index contributed by atoms with van der Waals surface area (Å²) in [7, 11) is 0. The lowest BCUT2D eigenvalue weighted by Gasteiger charge is -2.46. The van der Waals surface area contributed by atoms with Gasteiger partial charge in [-0.1, -0.05) is 19.3 Å². The number of hydrogen-bond acceptors (Lipinski definition) is 3. The largest absolute Gasteiger partial charge is 0.389 e. The van der Waals surface area contributed by atoms with Crippen LogP contribution in [0.15, 0.2) is 0 Å². The molecule has 3 heterocycles. The van der Waals surface area contributed by atoms with E-state index >= 15 is 0 Å². The molecule has 4 aliphatic rings. The van der Waals surface area contributed by atoms with Crippen molar-refractivity contribution in [2.75, 3.05) is 26.2 Å². The fourth-order valence-electron chi connectivity index (χ4n) is 3.90. The molecule has 1 aliphatic carbocycles. The Morgan fingerprint density at radius 3 is 2.41 bits per heavy atom. The molecule has 0 aromatic rings. The van der Waals surface area contributed by atoms with Gasteiger partial charge in [0.25, 0.3) is 0 Å². The Balaban J connectivity index is 1.50. The van der Waals surface area contributed by atoms with Gasteiger partial charge in [0.15, 0.2) is 0 Å². The van der Waals surface area contributed by atoms with Crippen LogP contribution in [0.2, 0.25) is 0 Å². The molecule has 4 rings (SSSR count). The van der Waals surface area contributed by atoms with Gasteiger partial charge in [-0.25, -0.2) is 0 Å². The highest BCUT2D eigenvalue weighted by Crippen LogP contribution is 2.30. The van der Waals surface area contributed by atoms with Crippen LogP contribution in [-0.4, -0.2) is 47.8 Å². The first kappa shape index (κ1) is 11.9. The Morgan fingerprint density at radius 2 is 1.82 bits per heavy atom. The fraction of sp³-hybridized carbons (Fsp3) is 1.00. The average molecular weight is 238 g/mol. The lowest BCUT2D eigenvalue weighted by atomic mass is 9.82. The molecule has 0 amide bonds. The van der Waals surface area contributed by atoms with Crippen LogP contribution in [0.4, 0.5) is 0 Å². The molecule has 2 N–H and O–H groups in total. The minimum absolute atomic E-state index is 0.399. The monoisotopic (exact) mass is 238 g/mol. The second-order valence-electron chi connectivity index (χ2n) is 6.41. The third kappa shape index (κ3) is 2.67. The number of fused-ring (bicyclic) bond motifs is 3. The van der Waals surface area contributed by atoms with Crippen LogP contribution in [-0.2, 0) is 0 Å². The van der Waals surface area contributed by atoms with E-state index in [9.17, 15) is 5.11 Å². The Bertz CT molecular complexity index is 255. The lowest BCUT2D eigenvalue weighted by Crippen LogP contribution is -2.58. The molecule has 1 atom stereocenters. The van der Waals surface area contributed by atoms with Crippen LogP contribution in [0.5, 0.6) is 0 Å². The molecule has 0 spiro atoms. The van der Waals surface area contributed by atoms with Gasteiger partial charge in [0.2, 0.25) is 0 Å². The van der Waals surface area contributed by atoms with Gasteiger partial charge < -0.3 is 15.3 Å². The van der Waals surface area contributed by atoms with Gasteiger partial charge in [0, 0.05) is 19.1 Å². The normalized spacial score (nSPS) is 40.4. The molecule has 0 radical (unpaired) electrons. The van der Waals surface area contributed by atoms with E-state index in [4.69, 9.17) is 0 Å². The third-order valence-corrected chi connectivity index (χ3v) is 5.13. The van der Waals surface area contributed by atoms with Gasteiger partial charge in [0.1, 0.15) is 0 Å². The number of hydrogen-bond donors (Lipinski definition) is 2. The molecule has 0 aromatic heterocycles. The highest BCUT2D eigenvalue weighted by Gasteiger charge is 2.36. The molecule has 0 aromatic carbocycles. The average Bonchev–Trinajstić information content (AvgIpc) is 2.39. The quantitative estimate of drug-likeness (QED) is 0.779. The van der Waals surface area contributed by atoms with Crippen molar-refractivity contribution in [3.8, 4) is 0 Å². The van der Waals surface area contributed by atoms with Crippen molar-refractivity contribution in [2.45, 2.75) is 56.6 Å². The molecular weight excluding hydrogens is 212 g/mol. The summed E-state index contributed by atoms with van der Waals surface area (Å²) >= 11 is 0. The van der Waals surface area contributed by atoms with Crippen LogP contribution < -0.4 is 5.32 Å². The Kier molecular flexibility index (Phi) is 3.42. The standard InChI is InChI=1S/C14H26N2O/c17-14(6-2-1-3-7-14)11-15-13-10-16-8-4-12(13)5-9-16/h12-13,15,17H,1-11H2. The van der Waals surface area contributed by atoms with E-state index in [-0.39, 0.29) is 0 Å². The molecule has 4 fully saturated rings. The zero-order chi connectivity index (χ0) is 11.7. The number of aliphatic hydroxyl groups is 1. The maximum atomic E-state index is 10.5. The van der Waals surface area contributed by atoms with Gasteiger partial charge in [-0.05, 0) is 44.7 Å². The highest BCUT2D eigenvalue weighted by molar-refractivity contribution is 4.93. The fourth-order valence-corrected chi connectivity index (χ4v) is 3.90. The summed E-state index contributed by atoms with van der Waals surface area (Å²) < 4.78 is 0. The molecule has 3 nitrogen and oxygen atoms in total. The van der Waals surface area contributed by atoms with E-state index < -0.39 is 5.60 Å². The van der Waals surface area contributed by atoms with Crippen molar-refractivity contribution >= 4 is 0 Å². The van der Waals surface area contributed by atoms with Crippen LogP contribution in [0.3, 0.4) is 0 Å². The predicted octanol–water partition coefficient (Wildman–Crippen LogP) is 1.37. The molecule has 2 bridgehead atoms. The van der Waals surface area contributed by atoms with Crippen LogP contribution in [0.1, 0.15) is 44.9 Å². The first-order chi connectivity index (χ1) is 8.25. The van der Waals surface area contributed by atoms with Gasteiger partial charge in [-0.2, -0.15) is 0 Å². The number of rotatable bonds is 3. The number of nitrogens with zero attached hydrogens (tertiary/aromatic N) is 1. The van der Waals surface area contributed by atoms with Crippen molar-refractivity contribution in [1.82, 2.24) is 10.2 Å². The minimum Gasteiger partial charge on any atom is -0.389 e. The summed E-state index contributed by atoms with van der Waals surface area (Å²) in [6, 6.07) is 0.642. The topological polar surface area (TPSA) is 35.5 Å². The molecule has 3 heteroatoms. The molecule has 1 unspecified atom stereocenters. The summed E-state index contributed by atoms with van der Waals surface area (Å²) in [6.45, 7) is 4.63. The van der Waals surface area contributed by atoms with E-state index in [1.807, 2.05) is 0 Å². The zero-order valence-corrected chi connectivity index (χ0v) is 10.8. The number of piperidine rings is 3. The Morgan fingerprint density at radius 1 is 1.12 bits per heavy atom. The van der Waals surface area contributed by atoms with Crippen molar-refractivity contribution in [3.05, 3.63) is 0 Å². The second-order valence-corrected chi connectivity index (χ2v) is 6.41. The molecule has 98 valence electrons. The predicted molar refractivity (Wildman–Crippen MR) is 69.0 cm³/mol. The summed E-state index contributed by atoms with van der Waals surface area (Å²) in [4.78, 5) is 2.57. The maximum absolute atomic E-state index is 10.5. The first-order valence-corrected chi connectivity index (χ1v) is 7.43. The molecule has 17 heavy (non-hydrogen) atoms. The minimum atomic E-state index is -0.399. The summed E-state index contributed by atoms with van der Waals surface area (Å²) in [5.41, 5.74) is -0.399. The molecular formula is C14H26N2O. The third-order valence-electron chi connectivity index (χ3n) is 5.13. The maximum Gasteiger partial charge on any atom is 0.0771 e. The smallest absolute Gasteiger partial charge is 0.0771 e. The Hall–Kier alpha value is -0.120. The zero-order valence-electron chi connectivity index (χ0n) is 10.8. The van der Waals surface area contributed by atoms with E-state index in [0.29, 0.717) is 6.04 Å². The summed E-state index contributed by atoms with van der Waals surface area (Å²) in [5, 5.41) is 14.2. The van der Waals surface area contributed by atoms with Crippen molar-refractivity contribution in [3.63, 3.8) is 0 Å². The SMILES string of the molecule is OC1(CNC2CN3CCC2CC3)CCCCC1. The van der Waals surface area contributed by atoms with E-state index in [2.05, 4.69) is 10.2 Å². The molecule has 3 saturated heterocycles. The molecule has 1 saturated carbocycles. The van der Waals surface area contributed by atoms with Gasteiger partial charge in [-0.15, -0.1) is 0 Å².